The summed E-state index contributed by atoms with van der Waals surface area (Å²) < 4.78 is 0. The van der Waals surface area contributed by atoms with Crippen molar-refractivity contribution in [1.82, 2.24) is 10.2 Å². The zero-order valence-electron chi connectivity index (χ0n) is 13.4. The highest BCUT2D eigenvalue weighted by atomic mass is 16.3. The molecular formula is C16H34N2O. The van der Waals surface area contributed by atoms with Crippen molar-refractivity contribution in [1.29, 1.82) is 0 Å². The first-order valence-corrected chi connectivity index (χ1v) is 8.24. The van der Waals surface area contributed by atoms with Crippen LogP contribution in [0.5, 0.6) is 0 Å². The molecule has 3 heteroatoms. The fourth-order valence-electron chi connectivity index (χ4n) is 3.45. The second-order valence-electron chi connectivity index (χ2n) is 6.21. The van der Waals surface area contributed by atoms with E-state index < -0.39 is 0 Å². The highest BCUT2D eigenvalue weighted by Crippen LogP contribution is 2.34. The monoisotopic (exact) mass is 270 g/mol. The van der Waals surface area contributed by atoms with Crippen LogP contribution in [-0.2, 0) is 0 Å². The largest absolute Gasteiger partial charge is 0.394 e. The minimum atomic E-state index is -0.0165. The van der Waals surface area contributed by atoms with Gasteiger partial charge in [-0.2, -0.15) is 0 Å². The van der Waals surface area contributed by atoms with Gasteiger partial charge in [0.15, 0.2) is 0 Å². The van der Waals surface area contributed by atoms with Crippen molar-refractivity contribution in [3.05, 3.63) is 0 Å². The van der Waals surface area contributed by atoms with E-state index in [9.17, 15) is 5.11 Å². The smallest absolute Gasteiger partial charge is 0.0613 e. The molecule has 3 atom stereocenters. The van der Waals surface area contributed by atoms with Gasteiger partial charge in [-0.05, 0) is 52.1 Å². The molecule has 0 bridgehead atoms. The molecule has 0 aromatic carbocycles. The zero-order chi connectivity index (χ0) is 14.3. The van der Waals surface area contributed by atoms with E-state index in [1.807, 2.05) is 0 Å². The van der Waals surface area contributed by atoms with Crippen LogP contribution in [0.2, 0.25) is 0 Å². The molecule has 114 valence electrons. The summed E-state index contributed by atoms with van der Waals surface area (Å²) in [5.41, 5.74) is -0.0165. The average molecular weight is 270 g/mol. The molecule has 0 saturated heterocycles. The fourth-order valence-corrected chi connectivity index (χ4v) is 3.45. The molecule has 2 N–H and O–H groups in total. The topological polar surface area (TPSA) is 35.5 Å². The Morgan fingerprint density at radius 3 is 2.63 bits per heavy atom. The first-order valence-electron chi connectivity index (χ1n) is 8.24. The number of hydrogen-bond acceptors (Lipinski definition) is 3. The quantitative estimate of drug-likeness (QED) is 0.676. The lowest BCUT2D eigenvalue weighted by atomic mass is 9.98. The molecule has 1 aliphatic carbocycles. The molecule has 0 heterocycles. The SMILES string of the molecule is CCCCN(C(C)CC)C1CCC(CO)(NCC)C1. The van der Waals surface area contributed by atoms with E-state index in [-0.39, 0.29) is 12.1 Å². The third kappa shape index (κ3) is 4.44. The van der Waals surface area contributed by atoms with Gasteiger partial charge in [0.1, 0.15) is 0 Å². The van der Waals surface area contributed by atoms with Crippen LogP contribution in [0, 0.1) is 0 Å². The molecule has 0 spiro atoms. The summed E-state index contributed by atoms with van der Waals surface area (Å²) in [5.74, 6) is 0. The normalized spacial score (nSPS) is 29.1. The number of nitrogens with one attached hydrogen (secondary N) is 1. The zero-order valence-corrected chi connectivity index (χ0v) is 13.4. The van der Waals surface area contributed by atoms with Crippen molar-refractivity contribution in [2.24, 2.45) is 0 Å². The van der Waals surface area contributed by atoms with Gasteiger partial charge in [-0.1, -0.05) is 27.2 Å². The second kappa shape index (κ2) is 8.23. The van der Waals surface area contributed by atoms with Gasteiger partial charge in [-0.3, -0.25) is 4.90 Å². The minimum Gasteiger partial charge on any atom is -0.394 e. The van der Waals surface area contributed by atoms with E-state index in [1.165, 1.54) is 32.2 Å². The van der Waals surface area contributed by atoms with Gasteiger partial charge in [0.05, 0.1) is 6.61 Å². The minimum absolute atomic E-state index is 0.0165. The van der Waals surface area contributed by atoms with Crippen LogP contribution in [0.4, 0.5) is 0 Å². The number of likely N-dealkylation sites (N-methyl/N-ethyl adjacent to an activating group) is 1. The molecule has 1 aliphatic rings. The fraction of sp³-hybridized carbons (Fsp3) is 1.00. The Kier molecular flexibility index (Phi) is 7.33. The van der Waals surface area contributed by atoms with Crippen molar-refractivity contribution in [3.63, 3.8) is 0 Å². The maximum atomic E-state index is 9.74. The van der Waals surface area contributed by atoms with E-state index >= 15 is 0 Å². The lowest BCUT2D eigenvalue weighted by molar-refractivity contribution is 0.116. The number of rotatable bonds is 9. The van der Waals surface area contributed by atoms with Crippen molar-refractivity contribution in [2.75, 3.05) is 19.7 Å². The number of nitrogens with zero attached hydrogens (tertiary/aromatic N) is 1. The first-order chi connectivity index (χ1) is 9.12. The van der Waals surface area contributed by atoms with Gasteiger partial charge in [-0.25, -0.2) is 0 Å². The van der Waals surface area contributed by atoms with E-state index in [1.54, 1.807) is 0 Å². The Hall–Kier alpha value is -0.120. The van der Waals surface area contributed by atoms with Crippen LogP contribution in [0.3, 0.4) is 0 Å². The summed E-state index contributed by atoms with van der Waals surface area (Å²) in [6.45, 7) is 11.5. The summed E-state index contributed by atoms with van der Waals surface area (Å²) >= 11 is 0. The van der Waals surface area contributed by atoms with E-state index in [4.69, 9.17) is 0 Å². The molecule has 1 saturated carbocycles. The Balaban J connectivity index is 2.65. The Morgan fingerprint density at radius 2 is 2.11 bits per heavy atom. The van der Waals surface area contributed by atoms with Crippen molar-refractivity contribution < 1.29 is 5.11 Å². The lowest BCUT2D eigenvalue weighted by Crippen LogP contribution is -2.49. The highest BCUT2D eigenvalue weighted by Gasteiger charge is 2.40. The number of aliphatic hydroxyl groups is 1. The maximum absolute atomic E-state index is 9.74. The van der Waals surface area contributed by atoms with Gasteiger partial charge < -0.3 is 10.4 Å². The van der Waals surface area contributed by atoms with Gasteiger partial charge in [0, 0.05) is 17.6 Å². The summed E-state index contributed by atoms with van der Waals surface area (Å²) in [6.07, 6.45) is 7.20. The molecule has 1 fully saturated rings. The van der Waals surface area contributed by atoms with Gasteiger partial charge in [0.25, 0.3) is 0 Å². The third-order valence-electron chi connectivity index (χ3n) is 4.83. The second-order valence-corrected chi connectivity index (χ2v) is 6.21. The van der Waals surface area contributed by atoms with Crippen LogP contribution in [0.25, 0.3) is 0 Å². The number of hydrogen-bond donors (Lipinski definition) is 2. The summed E-state index contributed by atoms with van der Waals surface area (Å²) in [6, 6.07) is 1.31. The molecule has 1 rings (SSSR count). The third-order valence-corrected chi connectivity index (χ3v) is 4.83. The predicted molar refractivity (Wildman–Crippen MR) is 82.5 cm³/mol. The van der Waals surface area contributed by atoms with Crippen molar-refractivity contribution in [3.8, 4) is 0 Å². The standard InChI is InChI=1S/C16H34N2O/c1-5-8-11-18(14(4)6-2)15-9-10-16(12-15,13-19)17-7-3/h14-15,17,19H,5-13H2,1-4H3. The maximum Gasteiger partial charge on any atom is 0.0613 e. The summed E-state index contributed by atoms with van der Waals surface area (Å²) in [7, 11) is 0. The highest BCUT2D eigenvalue weighted by molar-refractivity contribution is 4.99. The number of aliphatic hydroxyl groups excluding tert-OH is 1. The van der Waals surface area contributed by atoms with E-state index in [0.29, 0.717) is 12.1 Å². The molecule has 3 nitrogen and oxygen atoms in total. The predicted octanol–water partition coefficient (Wildman–Crippen LogP) is 2.78. The van der Waals surface area contributed by atoms with Gasteiger partial charge in [-0.15, -0.1) is 0 Å². The first kappa shape index (κ1) is 16.9. The van der Waals surface area contributed by atoms with Crippen LogP contribution < -0.4 is 5.32 Å². The van der Waals surface area contributed by atoms with Gasteiger partial charge >= 0.3 is 0 Å². The van der Waals surface area contributed by atoms with Crippen LogP contribution in [0.1, 0.15) is 66.2 Å². The lowest BCUT2D eigenvalue weighted by Gasteiger charge is -2.36. The summed E-state index contributed by atoms with van der Waals surface area (Å²) in [5, 5.41) is 13.3. The van der Waals surface area contributed by atoms with E-state index in [2.05, 4.69) is 37.9 Å². The van der Waals surface area contributed by atoms with Crippen molar-refractivity contribution in [2.45, 2.75) is 83.8 Å². The molecule has 3 unspecified atom stereocenters. The van der Waals surface area contributed by atoms with Crippen molar-refractivity contribution >= 4 is 0 Å². The molecule has 0 aliphatic heterocycles. The molecular weight excluding hydrogens is 236 g/mol. The van der Waals surface area contributed by atoms with Crippen LogP contribution in [0.15, 0.2) is 0 Å². The Morgan fingerprint density at radius 1 is 1.37 bits per heavy atom. The van der Waals surface area contributed by atoms with Gasteiger partial charge in [0.2, 0.25) is 0 Å². The molecule has 0 radical (unpaired) electrons. The van der Waals surface area contributed by atoms with Crippen LogP contribution in [-0.4, -0.2) is 47.3 Å². The number of unbranched alkanes of at least 4 members (excludes halogenated alkanes) is 1. The average Bonchev–Trinajstić information content (AvgIpc) is 2.84. The Bertz CT molecular complexity index is 247. The molecule has 19 heavy (non-hydrogen) atoms. The summed E-state index contributed by atoms with van der Waals surface area (Å²) in [4.78, 5) is 2.69. The van der Waals surface area contributed by atoms with Crippen LogP contribution >= 0.6 is 0 Å². The molecule has 0 aromatic heterocycles. The molecule has 0 aromatic rings. The Labute approximate surface area is 119 Å². The molecule has 0 amide bonds. The van der Waals surface area contributed by atoms with E-state index in [0.717, 1.165) is 19.4 Å².